The summed E-state index contributed by atoms with van der Waals surface area (Å²) in [4.78, 5) is 2.89. The summed E-state index contributed by atoms with van der Waals surface area (Å²) in [7, 11) is 0. The minimum atomic E-state index is -0.102. The number of hydrogen-bond acceptors (Lipinski definition) is 1. The zero-order chi connectivity index (χ0) is 38.7. The molecule has 2 heterocycles. The first-order chi connectivity index (χ1) is 25.6. The van der Waals surface area contributed by atoms with E-state index in [2.05, 4.69) is 179 Å². The molecule has 7 unspecified atom stereocenters. The lowest BCUT2D eigenvalue weighted by atomic mass is 9.49. The third kappa shape index (κ3) is 4.69. The molecule has 1 nitrogen and oxygen atoms in total. The molecule has 2 bridgehead atoms. The molecular weight excluding hydrogens is 651 g/mol. The first-order valence-corrected chi connectivity index (χ1v) is 21.2. The molecule has 8 rings (SSSR count). The summed E-state index contributed by atoms with van der Waals surface area (Å²) in [5.41, 5.74) is 17.3. The normalized spacial score (nSPS) is 30.7. The number of allylic oxidation sites excluding steroid dienone is 7. The van der Waals surface area contributed by atoms with E-state index in [4.69, 9.17) is 6.58 Å². The molecule has 0 amide bonds. The summed E-state index contributed by atoms with van der Waals surface area (Å²) in [5.74, 6) is 2.24. The lowest BCUT2D eigenvalue weighted by Crippen LogP contribution is -2.66. The van der Waals surface area contributed by atoms with Crippen molar-refractivity contribution in [3.8, 4) is 11.1 Å². The molecule has 0 aromatic heterocycles. The topological polar surface area (TPSA) is 3.24 Å². The van der Waals surface area contributed by atoms with Gasteiger partial charge in [0.1, 0.15) is 0 Å². The zero-order valence-electron chi connectivity index (χ0n) is 35.4. The lowest BCUT2D eigenvalue weighted by molar-refractivity contribution is -0.0403. The Kier molecular flexibility index (Phi) is 8.65. The number of rotatable bonds is 6. The average Bonchev–Trinajstić information content (AvgIpc) is 3.52. The molecule has 282 valence electrons. The SMILES string of the molecule is C=C1C2=CC=CC(C)C(C)C(C(C)C3(CC)c4ccc(-c5ccccc5)c5c4C4C(=C(C(C)C)C=CN4C3(C)CC)C5(C)C)Cc3cccc(c31)C2(C)C. The van der Waals surface area contributed by atoms with E-state index in [9.17, 15) is 0 Å². The quantitative estimate of drug-likeness (QED) is 0.246. The Morgan fingerprint density at radius 1 is 0.833 bits per heavy atom. The molecule has 0 radical (unpaired) electrons. The number of nitrogens with zero attached hydrogens (tertiary/aromatic N) is 1. The maximum atomic E-state index is 4.79. The molecule has 0 saturated heterocycles. The van der Waals surface area contributed by atoms with Crippen molar-refractivity contribution in [2.75, 3.05) is 0 Å². The summed E-state index contributed by atoms with van der Waals surface area (Å²) in [6.07, 6.45) is 15.5. The molecule has 5 aliphatic rings. The highest BCUT2D eigenvalue weighted by molar-refractivity contribution is 5.90. The molecule has 54 heavy (non-hydrogen) atoms. The highest BCUT2D eigenvalue weighted by Crippen LogP contribution is 2.69. The van der Waals surface area contributed by atoms with Crippen LogP contribution in [-0.2, 0) is 22.7 Å². The molecule has 7 atom stereocenters. The molecule has 0 N–H and O–H groups in total. The largest absolute Gasteiger partial charge is 0.360 e. The fourth-order valence-corrected chi connectivity index (χ4v) is 13.1. The van der Waals surface area contributed by atoms with Crippen molar-refractivity contribution in [2.45, 2.75) is 130 Å². The van der Waals surface area contributed by atoms with Crippen LogP contribution in [-0.4, -0.2) is 10.4 Å². The Balaban J connectivity index is 1.41. The predicted octanol–water partition coefficient (Wildman–Crippen LogP) is 13.9. The van der Waals surface area contributed by atoms with E-state index in [0.29, 0.717) is 29.6 Å². The summed E-state index contributed by atoms with van der Waals surface area (Å²) < 4.78 is 0. The molecular formula is C53H65N. The molecule has 0 spiro atoms. The molecule has 3 aromatic carbocycles. The monoisotopic (exact) mass is 716 g/mol. The van der Waals surface area contributed by atoms with Crippen LogP contribution in [0.1, 0.15) is 135 Å². The zero-order valence-corrected chi connectivity index (χ0v) is 35.4. The fraction of sp³-hybridized carbons (Fsp3) is 0.472. The van der Waals surface area contributed by atoms with Gasteiger partial charge >= 0.3 is 0 Å². The smallest absolute Gasteiger partial charge is 0.0776 e. The van der Waals surface area contributed by atoms with Gasteiger partial charge in [0.2, 0.25) is 0 Å². The van der Waals surface area contributed by atoms with Crippen molar-refractivity contribution in [1.82, 2.24) is 4.90 Å². The van der Waals surface area contributed by atoms with E-state index in [1.54, 1.807) is 22.3 Å². The van der Waals surface area contributed by atoms with Crippen LogP contribution < -0.4 is 0 Å². The van der Waals surface area contributed by atoms with Gasteiger partial charge in [0.25, 0.3) is 0 Å². The van der Waals surface area contributed by atoms with E-state index in [1.165, 1.54) is 44.5 Å². The molecule has 0 fully saturated rings. The third-order valence-electron chi connectivity index (χ3n) is 16.2. The summed E-state index contributed by atoms with van der Waals surface area (Å²) in [6, 6.07) is 23.8. The first-order valence-electron chi connectivity index (χ1n) is 21.2. The van der Waals surface area contributed by atoms with Crippen molar-refractivity contribution in [2.24, 2.45) is 29.6 Å². The van der Waals surface area contributed by atoms with Gasteiger partial charge in [-0.1, -0.05) is 162 Å². The van der Waals surface area contributed by atoms with Crippen molar-refractivity contribution >= 4 is 5.57 Å². The molecule has 3 aliphatic carbocycles. The fourth-order valence-electron chi connectivity index (χ4n) is 13.1. The van der Waals surface area contributed by atoms with Gasteiger partial charge in [0.05, 0.1) is 6.04 Å². The van der Waals surface area contributed by atoms with Gasteiger partial charge in [-0.3, -0.25) is 0 Å². The van der Waals surface area contributed by atoms with Crippen LogP contribution in [0.4, 0.5) is 0 Å². The van der Waals surface area contributed by atoms with Crippen LogP contribution in [0, 0.1) is 29.6 Å². The lowest BCUT2D eigenvalue weighted by Gasteiger charge is -2.65. The molecule has 0 saturated carbocycles. The van der Waals surface area contributed by atoms with Gasteiger partial charge in [-0.05, 0) is 129 Å². The highest BCUT2D eigenvalue weighted by atomic mass is 15.3. The van der Waals surface area contributed by atoms with E-state index < -0.39 is 0 Å². The van der Waals surface area contributed by atoms with Crippen LogP contribution in [0.15, 0.2) is 114 Å². The highest BCUT2D eigenvalue weighted by Gasteiger charge is 2.65. The Hall–Kier alpha value is -3.84. The summed E-state index contributed by atoms with van der Waals surface area (Å²) in [6.45, 7) is 34.8. The number of hydrogen-bond donors (Lipinski definition) is 0. The second-order valence-electron chi connectivity index (χ2n) is 19.3. The van der Waals surface area contributed by atoms with Gasteiger partial charge in [0, 0.05) is 28.0 Å². The first kappa shape index (κ1) is 37.1. The van der Waals surface area contributed by atoms with Gasteiger partial charge in [-0.15, -0.1) is 0 Å². The maximum absolute atomic E-state index is 4.79. The number of benzene rings is 3. The van der Waals surface area contributed by atoms with Crippen molar-refractivity contribution in [1.29, 1.82) is 0 Å². The van der Waals surface area contributed by atoms with Crippen molar-refractivity contribution in [3.63, 3.8) is 0 Å². The van der Waals surface area contributed by atoms with Gasteiger partial charge in [-0.25, -0.2) is 0 Å². The molecule has 2 aliphatic heterocycles. The van der Waals surface area contributed by atoms with E-state index >= 15 is 0 Å². The van der Waals surface area contributed by atoms with E-state index in [0.717, 1.165) is 19.3 Å². The minimum Gasteiger partial charge on any atom is -0.360 e. The van der Waals surface area contributed by atoms with Crippen LogP contribution in [0.2, 0.25) is 0 Å². The average molecular weight is 716 g/mol. The number of fused-ring (bicyclic) bond motifs is 1. The maximum Gasteiger partial charge on any atom is 0.0776 e. The van der Waals surface area contributed by atoms with Crippen molar-refractivity contribution in [3.05, 3.63) is 148 Å². The Bertz CT molecular complexity index is 2150. The van der Waals surface area contributed by atoms with Gasteiger partial charge in [0.15, 0.2) is 0 Å². The van der Waals surface area contributed by atoms with Gasteiger partial charge < -0.3 is 4.90 Å². The second-order valence-corrected chi connectivity index (χ2v) is 19.3. The van der Waals surface area contributed by atoms with Crippen LogP contribution in [0.25, 0.3) is 16.7 Å². The third-order valence-corrected chi connectivity index (χ3v) is 16.2. The standard InChI is InChI=1S/C53H65N/c1-14-52(13)53(15-2,36(8)41-31-38-24-20-26-43-45(38)35(7)42(50(43,9)10)25-19-21-33(5)34(41)6)44-28-27-40(37-22-17-16-18-23-37)47-46(44)49-48(51(47,11)12)39(32(3)4)29-30-54(49)52/h16-30,32-34,36,41,49H,7,14-15,31H2,1-6,8-13H3. The minimum absolute atomic E-state index is 0.0553. The van der Waals surface area contributed by atoms with Crippen LogP contribution >= 0.6 is 0 Å². The second kappa shape index (κ2) is 12.6. The van der Waals surface area contributed by atoms with Crippen LogP contribution in [0.5, 0.6) is 0 Å². The van der Waals surface area contributed by atoms with Crippen molar-refractivity contribution < 1.29 is 0 Å². The summed E-state index contributed by atoms with van der Waals surface area (Å²) >= 11 is 0. The van der Waals surface area contributed by atoms with E-state index in [-0.39, 0.29) is 27.8 Å². The Morgan fingerprint density at radius 3 is 2.22 bits per heavy atom. The van der Waals surface area contributed by atoms with Crippen LogP contribution in [0.3, 0.4) is 0 Å². The van der Waals surface area contributed by atoms with E-state index in [1.807, 2.05) is 0 Å². The van der Waals surface area contributed by atoms with Gasteiger partial charge in [-0.2, -0.15) is 0 Å². The predicted molar refractivity (Wildman–Crippen MR) is 232 cm³/mol. The molecule has 3 aromatic rings. The molecule has 1 heteroatoms. The Morgan fingerprint density at radius 2 is 1.56 bits per heavy atom. The Labute approximate surface area is 328 Å². The summed E-state index contributed by atoms with van der Waals surface area (Å²) in [5, 5.41) is 0.